The van der Waals surface area contributed by atoms with E-state index >= 15 is 0 Å². The Bertz CT molecular complexity index is 528. The molecule has 0 bridgehead atoms. The minimum atomic E-state index is 0.110. The summed E-state index contributed by atoms with van der Waals surface area (Å²) in [6.45, 7) is 5.17. The van der Waals surface area contributed by atoms with E-state index in [1.165, 1.54) is 11.1 Å². The molecule has 0 saturated carbocycles. The molecule has 0 spiro atoms. The van der Waals surface area contributed by atoms with Crippen molar-refractivity contribution in [3.8, 4) is 0 Å². The van der Waals surface area contributed by atoms with E-state index in [-0.39, 0.29) is 6.04 Å². The van der Waals surface area contributed by atoms with Crippen LogP contribution >= 0.6 is 11.6 Å². The first kappa shape index (κ1) is 14.0. The summed E-state index contributed by atoms with van der Waals surface area (Å²) >= 11 is 6.03. The largest absolute Gasteiger partial charge is 0.306 e. The van der Waals surface area contributed by atoms with Crippen LogP contribution in [0.5, 0.6) is 0 Å². The van der Waals surface area contributed by atoms with Crippen LogP contribution in [0.4, 0.5) is 0 Å². The van der Waals surface area contributed by atoms with Gasteiger partial charge in [0.15, 0.2) is 0 Å². The van der Waals surface area contributed by atoms with Crippen LogP contribution < -0.4 is 5.32 Å². The van der Waals surface area contributed by atoms with Crippen molar-refractivity contribution in [1.29, 1.82) is 0 Å². The summed E-state index contributed by atoms with van der Waals surface area (Å²) in [5.74, 6) is 0. The molecule has 0 fully saturated rings. The van der Waals surface area contributed by atoms with Crippen LogP contribution in [0.2, 0.25) is 5.02 Å². The lowest BCUT2D eigenvalue weighted by molar-refractivity contribution is 0.593. The Balaban J connectivity index is 2.37. The van der Waals surface area contributed by atoms with Gasteiger partial charge in [0.2, 0.25) is 0 Å². The van der Waals surface area contributed by atoms with Crippen LogP contribution in [0.3, 0.4) is 0 Å². The Morgan fingerprint density at radius 1 is 1.26 bits per heavy atom. The van der Waals surface area contributed by atoms with Crippen molar-refractivity contribution in [3.63, 3.8) is 0 Å². The van der Waals surface area contributed by atoms with Crippen molar-refractivity contribution >= 4 is 11.6 Å². The van der Waals surface area contributed by atoms with Crippen molar-refractivity contribution < 1.29 is 0 Å². The first-order valence-electron chi connectivity index (χ1n) is 6.46. The molecule has 1 atom stereocenters. The summed E-state index contributed by atoms with van der Waals surface area (Å²) in [4.78, 5) is 8.22. The van der Waals surface area contributed by atoms with Gasteiger partial charge < -0.3 is 5.32 Å². The third kappa shape index (κ3) is 3.52. The van der Waals surface area contributed by atoms with Gasteiger partial charge in [0.05, 0.1) is 6.04 Å². The molecule has 2 aromatic rings. The molecule has 0 saturated heterocycles. The van der Waals surface area contributed by atoms with Gasteiger partial charge in [0.1, 0.15) is 6.33 Å². The monoisotopic (exact) mass is 275 g/mol. The van der Waals surface area contributed by atoms with E-state index in [0.717, 1.165) is 23.6 Å². The van der Waals surface area contributed by atoms with Crippen molar-refractivity contribution in [2.45, 2.75) is 26.3 Å². The van der Waals surface area contributed by atoms with Crippen molar-refractivity contribution in [1.82, 2.24) is 15.3 Å². The predicted molar refractivity (Wildman–Crippen MR) is 78.4 cm³/mol. The van der Waals surface area contributed by atoms with Gasteiger partial charge in [-0.3, -0.25) is 0 Å². The molecule has 0 aliphatic carbocycles. The zero-order chi connectivity index (χ0) is 13.7. The third-order valence-corrected chi connectivity index (χ3v) is 3.29. The van der Waals surface area contributed by atoms with E-state index in [4.69, 9.17) is 11.6 Å². The smallest absolute Gasteiger partial charge is 0.115 e. The minimum Gasteiger partial charge on any atom is -0.306 e. The SMILES string of the molecule is CCCNC(c1cncnc1)c1ccc(Cl)cc1C. The Labute approximate surface area is 119 Å². The lowest BCUT2D eigenvalue weighted by Gasteiger charge is -2.21. The number of hydrogen-bond donors (Lipinski definition) is 1. The maximum atomic E-state index is 6.03. The quantitative estimate of drug-likeness (QED) is 0.907. The molecule has 1 N–H and O–H groups in total. The van der Waals surface area contributed by atoms with Gasteiger partial charge in [0, 0.05) is 23.0 Å². The molecule has 1 aromatic carbocycles. The fraction of sp³-hybridized carbons (Fsp3) is 0.333. The van der Waals surface area contributed by atoms with E-state index in [1.54, 1.807) is 6.33 Å². The number of rotatable bonds is 5. The second kappa shape index (κ2) is 6.64. The normalized spacial score (nSPS) is 12.4. The van der Waals surface area contributed by atoms with E-state index in [1.807, 2.05) is 24.5 Å². The third-order valence-electron chi connectivity index (χ3n) is 3.06. The number of halogens is 1. The predicted octanol–water partition coefficient (Wildman–Crippen LogP) is 3.53. The molecule has 1 aromatic heterocycles. The van der Waals surface area contributed by atoms with Crippen LogP contribution in [0.25, 0.3) is 0 Å². The van der Waals surface area contributed by atoms with E-state index in [9.17, 15) is 0 Å². The summed E-state index contributed by atoms with van der Waals surface area (Å²) in [6, 6.07) is 6.09. The van der Waals surface area contributed by atoms with Gasteiger partial charge in [-0.1, -0.05) is 24.6 Å². The molecule has 100 valence electrons. The molecular formula is C15H18ClN3. The molecule has 1 heterocycles. The standard InChI is InChI=1S/C15H18ClN3/c1-3-6-19-15(12-8-17-10-18-9-12)14-5-4-13(16)7-11(14)2/h4-5,7-10,15,19H,3,6H2,1-2H3. The van der Waals surface area contributed by atoms with Gasteiger partial charge in [0.25, 0.3) is 0 Å². The summed E-state index contributed by atoms with van der Waals surface area (Å²) in [6.07, 6.45) is 6.34. The lowest BCUT2D eigenvalue weighted by atomic mass is 9.96. The van der Waals surface area contributed by atoms with Gasteiger partial charge in [-0.15, -0.1) is 0 Å². The highest BCUT2D eigenvalue weighted by Gasteiger charge is 2.16. The summed E-state index contributed by atoms with van der Waals surface area (Å²) < 4.78 is 0. The fourth-order valence-electron chi connectivity index (χ4n) is 2.12. The first-order chi connectivity index (χ1) is 9.22. The molecule has 4 heteroatoms. The number of aromatic nitrogens is 2. The summed E-state index contributed by atoms with van der Waals surface area (Å²) in [7, 11) is 0. The number of nitrogens with zero attached hydrogens (tertiary/aromatic N) is 2. The van der Waals surface area contributed by atoms with E-state index in [0.29, 0.717) is 0 Å². The zero-order valence-electron chi connectivity index (χ0n) is 11.2. The molecule has 19 heavy (non-hydrogen) atoms. The van der Waals surface area contributed by atoms with Crippen molar-refractivity contribution in [3.05, 3.63) is 58.6 Å². The first-order valence-corrected chi connectivity index (χ1v) is 6.84. The molecule has 1 unspecified atom stereocenters. The highest BCUT2D eigenvalue weighted by Crippen LogP contribution is 2.26. The maximum Gasteiger partial charge on any atom is 0.115 e. The second-order valence-corrected chi connectivity index (χ2v) is 5.00. The van der Waals surface area contributed by atoms with Crippen LogP contribution in [-0.4, -0.2) is 16.5 Å². The summed E-state index contributed by atoms with van der Waals surface area (Å²) in [5, 5.41) is 4.30. The zero-order valence-corrected chi connectivity index (χ0v) is 12.0. The highest BCUT2D eigenvalue weighted by atomic mass is 35.5. The molecule has 2 rings (SSSR count). The lowest BCUT2D eigenvalue weighted by Crippen LogP contribution is -2.24. The molecule has 0 radical (unpaired) electrons. The Kier molecular flexibility index (Phi) is 4.88. The highest BCUT2D eigenvalue weighted by molar-refractivity contribution is 6.30. The fourth-order valence-corrected chi connectivity index (χ4v) is 2.35. The molecule has 0 aliphatic rings. The number of benzene rings is 1. The van der Waals surface area contributed by atoms with Gasteiger partial charge in [-0.05, 0) is 43.1 Å². The molecule has 0 amide bonds. The summed E-state index contributed by atoms with van der Waals surface area (Å²) in [5.41, 5.74) is 3.46. The van der Waals surface area contributed by atoms with Crippen LogP contribution in [0.1, 0.15) is 36.1 Å². The Morgan fingerprint density at radius 2 is 2.00 bits per heavy atom. The minimum absolute atomic E-state index is 0.110. The van der Waals surface area contributed by atoms with Crippen LogP contribution in [0.15, 0.2) is 36.9 Å². The number of hydrogen-bond acceptors (Lipinski definition) is 3. The van der Waals surface area contributed by atoms with Crippen LogP contribution in [0, 0.1) is 6.92 Å². The molecular weight excluding hydrogens is 258 g/mol. The number of aryl methyl sites for hydroxylation is 1. The van der Waals surface area contributed by atoms with Crippen molar-refractivity contribution in [2.75, 3.05) is 6.54 Å². The Morgan fingerprint density at radius 3 is 2.63 bits per heavy atom. The Hall–Kier alpha value is -1.45. The van der Waals surface area contributed by atoms with E-state index in [2.05, 4.69) is 35.2 Å². The second-order valence-electron chi connectivity index (χ2n) is 4.56. The average molecular weight is 276 g/mol. The topological polar surface area (TPSA) is 37.8 Å². The van der Waals surface area contributed by atoms with Gasteiger partial charge >= 0.3 is 0 Å². The van der Waals surface area contributed by atoms with Crippen molar-refractivity contribution in [2.24, 2.45) is 0 Å². The van der Waals surface area contributed by atoms with Crippen LogP contribution in [-0.2, 0) is 0 Å². The average Bonchev–Trinajstić information content (AvgIpc) is 2.42. The molecule has 3 nitrogen and oxygen atoms in total. The van der Waals surface area contributed by atoms with E-state index < -0.39 is 0 Å². The maximum absolute atomic E-state index is 6.03. The number of nitrogens with one attached hydrogen (secondary N) is 1. The van der Waals surface area contributed by atoms with Gasteiger partial charge in [-0.25, -0.2) is 9.97 Å². The van der Waals surface area contributed by atoms with Gasteiger partial charge in [-0.2, -0.15) is 0 Å². The molecule has 0 aliphatic heterocycles.